The third-order valence-corrected chi connectivity index (χ3v) is 5.59. The third-order valence-electron chi connectivity index (χ3n) is 4.21. The number of aromatic carboxylic acids is 1. The summed E-state index contributed by atoms with van der Waals surface area (Å²) >= 11 is 0. The van der Waals surface area contributed by atoms with Gasteiger partial charge in [0.25, 0.3) is 10.0 Å². The van der Waals surface area contributed by atoms with Gasteiger partial charge >= 0.3 is 12.3 Å². The van der Waals surface area contributed by atoms with E-state index in [2.05, 4.69) is 9.46 Å². The van der Waals surface area contributed by atoms with Crippen LogP contribution in [0.5, 0.6) is 17.2 Å². The van der Waals surface area contributed by atoms with Crippen molar-refractivity contribution in [3.8, 4) is 17.2 Å². The van der Waals surface area contributed by atoms with Gasteiger partial charge < -0.3 is 19.3 Å². The van der Waals surface area contributed by atoms with Crippen LogP contribution in [0.25, 0.3) is 0 Å². The molecule has 0 atom stereocenters. The molecule has 0 amide bonds. The molecule has 3 rings (SSSR count). The zero-order chi connectivity index (χ0) is 24.8. The Kier molecular flexibility index (Phi) is 7.51. The molecule has 0 radical (unpaired) electrons. The number of hydrogen-bond donors (Lipinski definition) is 2. The first-order valence-corrected chi connectivity index (χ1v) is 11.1. The van der Waals surface area contributed by atoms with E-state index in [1.807, 2.05) is 0 Å². The first-order chi connectivity index (χ1) is 16.0. The Morgan fingerprint density at radius 1 is 0.853 bits per heavy atom. The number of carbonyl (C=O) groups is 1. The van der Waals surface area contributed by atoms with Crippen molar-refractivity contribution in [3.63, 3.8) is 0 Å². The zero-order valence-electron chi connectivity index (χ0n) is 17.3. The van der Waals surface area contributed by atoms with Crippen LogP contribution in [0.3, 0.4) is 0 Å². The minimum Gasteiger partial charge on any atom is -0.490 e. The Morgan fingerprint density at radius 2 is 1.44 bits per heavy atom. The Labute approximate surface area is 192 Å². The topological polar surface area (TPSA) is 111 Å². The molecule has 0 aromatic heterocycles. The number of benzene rings is 3. The summed E-state index contributed by atoms with van der Waals surface area (Å²) in [5, 5.41) is 8.89. The minimum atomic E-state index is -4.89. The fourth-order valence-corrected chi connectivity index (χ4v) is 3.78. The molecule has 0 aliphatic carbocycles. The minimum absolute atomic E-state index is 0.0445. The van der Waals surface area contributed by atoms with Gasteiger partial charge in [0.2, 0.25) is 0 Å². The lowest BCUT2D eigenvalue weighted by atomic mass is 10.2. The van der Waals surface area contributed by atoms with E-state index in [1.54, 1.807) is 12.1 Å². The molecule has 12 heteroatoms. The summed E-state index contributed by atoms with van der Waals surface area (Å²) in [7, 11) is -4.13. The molecule has 180 valence electrons. The van der Waals surface area contributed by atoms with Crippen LogP contribution in [0.1, 0.15) is 10.4 Å². The van der Waals surface area contributed by atoms with Gasteiger partial charge in [-0.05, 0) is 60.7 Å². The summed E-state index contributed by atoms with van der Waals surface area (Å²) in [6, 6.07) is 15.7. The number of carboxylic acid groups (broad SMARTS) is 1. The predicted octanol–water partition coefficient (Wildman–Crippen LogP) is 4.54. The standard InChI is InChI=1S/C22H18F3NO7S/c23-22(24,25)33-17-9-11-18(12-10-17)34(29,30)26-19-3-1-2-4-20(19)32-14-13-31-16-7-5-15(6-8-16)21(27)28/h1-12,26H,13-14H2,(H,27,28). The molecule has 0 aliphatic rings. The monoisotopic (exact) mass is 497 g/mol. The van der Waals surface area contributed by atoms with Crippen molar-refractivity contribution in [3.05, 3.63) is 78.4 Å². The Balaban J connectivity index is 1.60. The molecule has 0 saturated carbocycles. The molecule has 8 nitrogen and oxygen atoms in total. The number of para-hydroxylation sites is 2. The molecule has 2 N–H and O–H groups in total. The van der Waals surface area contributed by atoms with Crippen LogP contribution in [0.4, 0.5) is 18.9 Å². The highest BCUT2D eigenvalue weighted by molar-refractivity contribution is 7.92. The van der Waals surface area contributed by atoms with E-state index < -0.39 is 28.1 Å². The normalized spacial score (nSPS) is 11.5. The molecule has 0 saturated heterocycles. The summed E-state index contributed by atoms with van der Waals surface area (Å²) in [5.74, 6) is -0.972. The van der Waals surface area contributed by atoms with Gasteiger partial charge in [-0.25, -0.2) is 13.2 Å². The summed E-state index contributed by atoms with van der Waals surface area (Å²) in [6.45, 7) is 0.136. The number of hydrogen-bond acceptors (Lipinski definition) is 6. The van der Waals surface area contributed by atoms with E-state index in [-0.39, 0.29) is 35.1 Å². The summed E-state index contributed by atoms with van der Waals surface area (Å²) in [5.41, 5.74) is 0.233. The quantitative estimate of drug-likeness (QED) is 0.396. The van der Waals surface area contributed by atoms with E-state index in [9.17, 15) is 26.4 Å². The van der Waals surface area contributed by atoms with Gasteiger partial charge in [-0.1, -0.05) is 12.1 Å². The van der Waals surface area contributed by atoms with Gasteiger partial charge in [-0.15, -0.1) is 13.2 Å². The fourth-order valence-electron chi connectivity index (χ4n) is 2.71. The molecule has 0 spiro atoms. The number of halogens is 3. The van der Waals surface area contributed by atoms with E-state index >= 15 is 0 Å². The molecule has 0 heterocycles. The van der Waals surface area contributed by atoms with Crippen molar-refractivity contribution in [1.29, 1.82) is 0 Å². The van der Waals surface area contributed by atoms with Gasteiger partial charge in [0.15, 0.2) is 0 Å². The van der Waals surface area contributed by atoms with E-state index in [0.717, 1.165) is 24.3 Å². The van der Waals surface area contributed by atoms with Crippen molar-refractivity contribution >= 4 is 21.7 Å². The van der Waals surface area contributed by atoms with Crippen LogP contribution < -0.4 is 18.9 Å². The van der Waals surface area contributed by atoms with Crippen molar-refractivity contribution in [2.75, 3.05) is 17.9 Å². The lowest BCUT2D eigenvalue weighted by Crippen LogP contribution is -2.17. The van der Waals surface area contributed by atoms with Gasteiger partial charge in [0.05, 0.1) is 16.1 Å². The first-order valence-electron chi connectivity index (χ1n) is 9.60. The molecule has 0 bridgehead atoms. The highest BCUT2D eigenvalue weighted by Gasteiger charge is 2.31. The largest absolute Gasteiger partial charge is 0.573 e. The summed E-state index contributed by atoms with van der Waals surface area (Å²) in [6.07, 6.45) is -4.89. The summed E-state index contributed by atoms with van der Waals surface area (Å²) < 4.78 is 79.3. The van der Waals surface area contributed by atoms with Crippen LogP contribution in [0, 0.1) is 0 Å². The number of nitrogens with one attached hydrogen (secondary N) is 1. The number of sulfonamides is 1. The second-order valence-electron chi connectivity index (χ2n) is 6.65. The number of anilines is 1. The SMILES string of the molecule is O=C(O)c1ccc(OCCOc2ccccc2NS(=O)(=O)c2ccc(OC(F)(F)F)cc2)cc1. The highest BCUT2D eigenvalue weighted by Crippen LogP contribution is 2.28. The third kappa shape index (κ3) is 7.04. The highest BCUT2D eigenvalue weighted by atomic mass is 32.2. The maximum atomic E-state index is 12.6. The van der Waals surface area contributed by atoms with E-state index in [1.165, 1.54) is 36.4 Å². The number of carboxylic acids is 1. The van der Waals surface area contributed by atoms with Crippen molar-refractivity contribution < 1.29 is 45.7 Å². The smallest absolute Gasteiger partial charge is 0.490 e. The maximum absolute atomic E-state index is 12.6. The Bertz CT molecular complexity index is 1230. The molecule has 0 fully saturated rings. The van der Waals surface area contributed by atoms with Crippen LogP contribution in [-0.2, 0) is 10.0 Å². The van der Waals surface area contributed by atoms with Gasteiger partial charge in [-0.3, -0.25) is 4.72 Å². The molecule has 3 aromatic carbocycles. The lowest BCUT2D eigenvalue weighted by molar-refractivity contribution is -0.274. The van der Waals surface area contributed by atoms with Crippen LogP contribution >= 0.6 is 0 Å². The Hall–Kier alpha value is -3.93. The van der Waals surface area contributed by atoms with Gasteiger partial charge in [-0.2, -0.15) is 0 Å². The average Bonchev–Trinajstić information content (AvgIpc) is 2.77. The van der Waals surface area contributed by atoms with Gasteiger partial charge in [0.1, 0.15) is 30.5 Å². The molecular weight excluding hydrogens is 479 g/mol. The van der Waals surface area contributed by atoms with E-state index in [0.29, 0.717) is 5.75 Å². The number of ether oxygens (including phenoxy) is 3. The molecule has 3 aromatic rings. The molecular formula is C22H18F3NO7S. The lowest BCUT2D eigenvalue weighted by Gasteiger charge is -2.14. The summed E-state index contributed by atoms with van der Waals surface area (Å²) in [4.78, 5) is 10.6. The Morgan fingerprint density at radius 3 is 2.06 bits per heavy atom. The van der Waals surface area contributed by atoms with Crippen molar-refractivity contribution in [2.24, 2.45) is 0 Å². The second kappa shape index (κ2) is 10.3. The van der Waals surface area contributed by atoms with Crippen LogP contribution in [0.2, 0.25) is 0 Å². The maximum Gasteiger partial charge on any atom is 0.573 e. The van der Waals surface area contributed by atoms with Gasteiger partial charge in [0, 0.05) is 0 Å². The zero-order valence-corrected chi connectivity index (χ0v) is 18.1. The average molecular weight is 497 g/mol. The van der Waals surface area contributed by atoms with E-state index in [4.69, 9.17) is 14.6 Å². The number of alkyl halides is 3. The van der Waals surface area contributed by atoms with Crippen molar-refractivity contribution in [1.82, 2.24) is 0 Å². The molecule has 34 heavy (non-hydrogen) atoms. The van der Waals surface area contributed by atoms with Crippen molar-refractivity contribution in [2.45, 2.75) is 11.3 Å². The first kappa shape index (κ1) is 24.7. The van der Waals surface area contributed by atoms with Crippen LogP contribution in [0.15, 0.2) is 77.7 Å². The number of rotatable bonds is 10. The fraction of sp³-hybridized carbons (Fsp3) is 0.136. The second-order valence-corrected chi connectivity index (χ2v) is 8.33. The molecule has 0 aliphatic heterocycles. The predicted molar refractivity (Wildman–Crippen MR) is 115 cm³/mol. The van der Waals surface area contributed by atoms with Crippen LogP contribution in [-0.4, -0.2) is 39.1 Å². The molecule has 0 unspecified atom stereocenters.